The maximum Gasteiger partial charge on any atom is 0.258 e. The van der Waals surface area contributed by atoms with Gasteiger partial charge in [-0.3, -0.25) is 0 Å². The predicted molar refractivity (Wildman–Crippen MR) is 93.5 cm³/mol. The molecule has 0 aliphatic rings. The zero-order valence-corrected chi connectivity index (χ0v) is 15.3. The summed E-state index contributed by atoms with van der Waals surface area (Å²) in [5, 5.41) is 3.46. The fraction of sp³-hybridized carbons (Fsp3) is 0.529. The third-order valence-electron chi connectivity index (χ3n) is 4.43. The molecule has 2 aromatic rings. The SMILES string of the molecule is CC(C)[Si](Oc1ccc2ccsc2c1)(C(C)C)C(C)C. The van der Waals surface area contributed by atoms with Gasteiger partial charge < -0.3 is 4.43 Å². The molecule has 0 atom stereocenters. The van der Waals surface area contributed by atoms with Gasteiger partial charge in [0.1, 0.15) is 5.75 Å². The minimum Gasteiger partial charge on any atom is -0.543 e. The molecule has 20 heavy (non-hydrogen) atoms. The Morgan fingerprint density at radius 3 is 2.05 bits per heavy atom. The summed E-state index contributed by atoms with van der Waals surface area (Å²) in [6, 6.07) is 8.71. The number of rotatable bonds is 5. The Kier molecular flexibility index (Phi) is 4.60. The van der Waals surface area contributed by atoms with Crippen LogP contribution in [0.4, 0.5) is 0 Å². The highest BCUT2D eigenvalue weighted by atomic mass is 32.1. The van der Waals surface area contributed by atoms with E-state index in [9.17, 15) is 0 Å². The van der Waals surface area contributed by atoms with Crippen LogP contribution in [0.1, 0.15) is 41.5 Å². The molecule has 1 aromatic carbocycles. The highest BCUT2D eigenvalue weighted by Gasteiger charge is 2.46. The predicted octanol–water partition coefficient (Wildman–Crippen LogP) is 6.46. The first-order valence-corrected chi connectivity index (χ1v) is 10.6. The molecule has 0 aliphatic carbocycles. The molecular weight excluding hydrogens is 280 g/mol. The van der Waals surface area contributed by atoms with Crippen LogP contribution in [0.25, 0.3) is 10.1 Å². The zero-order valence-electron chi connectivity index (χ0n) is 13.4. The smallest absolute Gasteiger partial charge is 0.258 e. The fourth-order valence-corrected chi connectivity index (χ4v) is 9.62. The molecule has 0 amide bonds. The van der Waals surface area contributed by atoms with Gasteiger partial charge in [0, 0.05) is 4.70 Å². The van der Waals surface area contributed by atoms with Crippen molar-refractivity contribution >= 4 is 29.7 Å². The Morgan fingerprint density at radius 2 is 1.50 bits per heavy atom. The molecule has 0 spiro atoms. The molecule has 2 rings (SSSR count). The van der Waals surface area contributed by atoms with Gasteiger partial charge in [0.05, 0.1) is 0 Å². The van der Waals surface area contributed by atoms with Gasteiger partial charge in [-0.1, -0.05) is 41.5 Å². The number of thiophene rings is 1. The second-order valence-corrected chi connectivity index (χ2v) is 12.9. The summed E-state index contributed by atoms with van der Waals surface area (Å²) in [7, 11) is -1.83. The molecule has 110 valence electrons. The van der Waals surface area contributed by atoms with Crippen LogP contribution < -0.4 is 4.43 Å². The van der Waals surface area contributed by atoms with Crippen molar-refractivity contribution < 1.29 is 4.43 Å². The monoisotopic (exact) mass is 306 g/mol. The van der Waals surface area contributed by atoms with E-state index in [0.717, 1.165) is 5.75 Å². The first kappa shape index (κ1) is 15.6. The number of benzene rings is 1. The van der Waals surface area contributed by atoms with E-state index in [1.165, 1.54) is 10.1 Å². The summed E-state index contributed by atoms with van der Waals surface area (Å²) in [6.45, 7) is 14.0. The lowest BCUT2D eigenvalue weighted by atomic mass is 10.2. The van der Waals surface area contributed by atoms with Crippen molar-refractivity contribution in [1.29, 1.82) is 0 Å². The molecule has 0 saturated heterocycles. The Bertz CT molecular complexity index is 549. The van der Waals surface area contributed by atoms with E-state index < -0.39 is 8.32 Å². The van der Waals surface area contributed by atoms with Crippen LogP contribution in [0.15, 0.2) is 29.6 Å². The van der Waals surface area contributed by atoms with Gasteiger partial charge >= 0.3 is 0 Å². The average Bonchev–Trinajstić information content (AvgIpc) is 2.81. The molecule has 0 fully saturated rings. The van der Waals surface area contributed by atoms with Crippen molar-refractivity contribution in [2.24, 2.45) is 0 Å². The van der Waals surface area contributed by atoms with E-state index in [2.05, 4.69) is 71.2 Å². The van der Waals surface area contributed by atoms with Gasteiger partial charge in [0.15, 0.2) is 0 Å². The number of hydrogen-bond acceptors (Lipinski definition) is 2. The van der Waals surface area contributed by atoms with E-state index in [1.54, 1.807) is 11.3 Å². The van der Waals surface area contributed by atoms with Crippen LogP contribution in [-0.2, 0) is 0 Å². The van der Waals surface area contributed by atoms with Crippen molar-refractivity contribution in [2.45, 2.75) is 58.2 Å². The Morgan fingerprint density at radius 1 is 0.900 bits per heavy atom. The topological polar surface area (TPSA) is 9.23 Å². The molecule has 1 aromatic heterocycles. The standard InChI is InChI=1S/C17H26OSSi/c1-12(2)20(13(3)4,14(5)6)18-16-8-7-15-9-10-19-17(15)11-16/h7-14H,1-6H3. The molecule has 0 aliphatic heterocycles. The second-order valence-electron chi connectivity index (χ2n) is 6.54. The Balaban J connectivity index is 2.40. The van der Waals surface area contributed by atoms with Gasteiger partial charge in [-0.25, -0.2) is 0 Å². The molecule has 0 saturated carbocycles. The van der Waals surface area contributed by atoms with Gasteiger partial charge in [0.25, 0.3) is 8.32 Å². The second kappa shape index (κ2) is 5.90. The molecule has 1 heterocycles. The van der Waals surface area contributed by atoms with Crippen LogP contribution in [0, 0.1) is 0 Å². The van der Waals surface area contributed by atoms with Gasteiger partial charge in [-0.2, -0.15) is 0 Å². The average molecular weight is 307 g/mol. The summed E-state index contributed by atoms with van der Waals surface area (Å²) in [5.74, 6) is 1.06. The van der Waals surface area contributed by atoms with Crippen molar-refractivity contribution in [3.63, 3.8) is 0 Å². The number of fused-ring (bicyclic) bond motifs is 1. The highest BCUT2D eigenvalue weighted by molar-refractivity contribution is 7.17. The third-order valence-corrected chi connectivity index (χ3v) is 11.3. The molecule has 0 bridgehead atoms. The third kappa shape index (κ3) is 2.66. The van der Waals surface area contributed by atoms with Gasteiger partial charge in [0.2, 0.25) is 0 Å². The van der Waals surface area contributed by atoms with Gasteiger partial charge in [-0.05, 0) is 51.7 Å². The molecule has 0 unspecified atom stereocenters. The van der Waals surface area contributed by atoms with Crippen LogP contribution in [-0.4, -0.2) is 8.32 Å². The molecule has 0 radical (unpaired) electrons. The molecule has 3 heteroatoms. The quantitative estimate of drug-likeness (QED) is 0.576. The zero-order chi connectivity index (χ0) is 14.9. The summed E-state index contributed by atoms with van der Waals surface area (Å²) in [4.78, 5) is 0. The highest BCUT2D eigenvalue weighted by Crippen LogP contribution is 2.43. The van der Waals surface area contributed by atoms with E-state index in [1.807, 2.05) is 0 Å². The van der Waals surface area contributed by atoms with Crippen LogP contribution in [0.2, 0.25) is 16.6 Å². The number of hydrogen-bond donors (Lipinski definition) is 0. The summed E-state index contributed by atoms with van der Waals surface area (Å²) < 4.78 is 8.03. The van der Waals surface area contributed by atoms with Crippen LogP contribution >= 0.6 is 11.3 Å². The van der Waals surface area contributed by atoms with E-state index in [4.69, 9.17) is 4.43 Å². The first-order chi connectivity index (χ1) is 9.37. The first-order valence-electron chi connectivity index (χ1n) is 7.54. The van der Waals surface area contributed by atoms with Crippen LogP contribution in [0.5, 0.6) is 5.75 Å². The lowest BCUT2D eigenvalue weighted by molar-refractivity contribution is 0.480. The van der Waals surface area contributed by atoms with E-state index in [0.29, 0.717) is 16.6 Å². The minimum absolute atomic E-state index is 0.613. The summed E-state index contributed by atoms with van der Waals surface area (Å²) in [5.41, 5.74) is 1.84. The van der Waals surface area contributed by atoms with Crippen LogP contribution in [0.3, 0.4) is 0 Å². The van der Waals surface area contributed by atoms with Crippen molar-refractivity contribution in [3.05, 3.63) is 29.6 Å². The summed E-state index contributed by atoms with van der Waals surface area (Å²) >= 11 is 1.79. The summed E-state index contributed by atoms with van der Waals surface area (Å²) in [6.07, 6.45) is 0. The molecule has 1 nitrogen and oxygen atoms in total. The molecule has 0 N–H and O–H groups in total. The van der Waals surface area contributed by atoms with Crippen molar-refractivity contribution in [3.8, 4) is 5.75 Å². The Labute approximate surface area is 128 Å². The molecular formula is C17H26OSSi. The lowest BCUT2D eigenvalue weighted by Gasteiger charge is -2.42. The maximum atomic E-state index is 6.71. The van der Waals surface area contributed by atoms with E-state index >= 15 is 0 Å². The van der Waals surface area contributed by atoms with Gasteiger partial charge in [-0.15, -0.1) is 11.3 Å². The maximum absolute atomic E-state index is 6.71. The van der Waals surface area contributed by atoms with E-state index in [-0.39, 0.29) is 0 Å². The largest absolute Gasteiger partial charge is 0.543 e. The normalized spacial score (nSPS) is 12.8. The van der Waals surface area contributed by atoms with Crippen molar-refractivity contribution in [1.82, 2.24) is 0 Å². The fourth-order valence-electron chi connectivity index (χ4n) is 3.56. The Hall–Kier alpha value is -0.803. The lowest BCUT2D eigenvalue weighted by Crippen LogP contribution is -2.50. The minimum atomic E-state index is -1.83. The van der Waals surface area contributed by atoms with Crippen molar-refractivity contribution in [2.75, 3.05) is 0 Å².